The number of carbonyl (C=O) groups excluding carboxylic acids is 1. The van der Waals surface area contributed by atoms with Crippen LogP contribution in [0.5, 0.6) is 0 Å². The van der Waals surface area contributed by atoms with Crippen molar-refractivity contribution in [2.75, 3.05) is 0 Å². The van der Waals surface area contributed by atoms with Gasteiger partial charge in [0.25, 0.3) is 0 Å². The molecule has 3 aromatic rings. The van der Waals surface area contributed by atoms with Crippen LogP contribution in [0.1, 0.15) is 21.5 Å². The second-order valence-electron chi connectivity index (χ2n) is 4.80. The van der Waals surface area contributed by atoms with Crippen molar-refractivity contribution in [3.8, 4) is 0 Å². The molecule has 2 nitrogen and oxygen atoms in total. The van der Waals surface area contributed by atoms with E-state index in [0.717, 1.165) is 12.1 Å². The highest BCUT2D eigenvalue weighted by atomic mass is 35.5. The van der Waals surface area contributed by atoms with E-state index in [1.165, 1.54) is 18.3 Å². The molecule has 1 N–H and O–H groups in total. The predicted molar refractivity (Wildman–Crippen MR) is 78.2 cm³/mol. The summed E-state index contributed by atoms with van der Waals surface area (Å²) in [6.45, 7) is 0. The average Bonchev–Trinajstić information content (AvgIpc) is 2.88. The maximum absolute atomic E-state index is 12.5. The number of carbonyl (C=O) groups is 1. The van der Waals surface area contributed by atoms with Crippen LogP contribution in [0.2, 0.25) is 5.02 Å². The van der Waals surface area contributed by atoms with Crippen molar-refractivity contribution in [1.82, 2.24) is 4.98 Å². The summed E-state index contributed by atoms with van der Waals surface area (Å²) >= 11 is 5.87. The lowest BCUT2D eigenvalue weighted by atomic mass is 10.0. The van der Waals surface area contributed by atoms with Crippen LogP contribution >= 0.6 is 11.6 Å². The van der Waals surface area contributed by atoms with E-state index >= 15 is 0 Å². The molecule has 0 amide bonds. The number of H-pyrrole nitrogens is 1. The highest BCUT2D eigenvalue weighted by molar-refractivity contribution is 6.31. The maximum Gasteiger partial charge on any atom is 0.416 e. The molecule has 0 aliphatic heterocycles. The molecule has 2 aromatic carbocycles. The Morgan fingerprint density at radius 3 is 2.36 bits per heavy atom. The first kappa shape index (κ1) is 14.7. The standard InChI is InChI=1S/C16H9ClF3NO/c17-11-5-6-12-13(8-21-14(12)7-11)15(22)9-1-3-10(4-2-9)16(18,19)20/h1-8,21H. The molecule has 1 heterocycles. The van der Waals surface area contributed by atoms with Gasteiger partial charge in [-0.15, -0.1) is 0 Å². The van der Waals surface area contributed by atoms with Crippen LogP contribution in [-0.2, 0) is 6.18 Å². The largest absolute Gasteiger partial charge is 0.416 e. The third-order valence-corrected chi connectivity index (χ3v) is 3.60. The van der Waals surface area contributed by atoms with Gasteiger partial charge < -0.3 is 4.98 Å². The van der Waals surface area contributed by atoms with Crippen molar-refractivity contribution in [2.45, 2.75) is 6.18 Å². The Bertz CT molecular complexity index is 850. The number of aromatic nitrogens is 1. The first-order valence-electron chi connectivity index (χ1n) is 6.35. The third kappa shape index (κ3) is 2.60. The van der Waals surface area contributed by atoms with Crippen LogP contribution in [0.4, 0.5) is 13.2 Å². The maximum atomic E-state index is 12.5. The highest BCUT2D eigenvalue weighted by Gasteiger charge is 2.30. The number of hydrogen-bond donors (Lipinski definition) is 1. The number of aromatic amines is 1. The van der Waals surface area contributed by atoms with E-state index in [9.17, 15) is 18.0 Å². The number of nitrogens with one attached hydrogen (secondary N) is 1. The Morgan fingerprint density at radius 1 is 1.05 bits per heavy atom. The quantitative estimate of drug-likeness (QED) is 0.656. The Labute approximate surface area is 128 Å². The zero-order chi connectivity index (χ0) is 15.9. The zero-order valence-electron chi connectivity index (χ0n) is 11.0. The van der Waals surface area contributed by atoms with E-state index < -0.39 is 11.7 Å². The molecular formula is C16H9ClF3NO. The van der Waals surface area contributed by atoms with Gasteiger partial charge in [0, 0.05) is 33.2 Å². The van der Waals surface area contributed by atoms with Gasteiger partial charge in [0.1, 0.15) is 0 Å². The average molecular weight is 324 g/mol. The van der Waals surface area contributed by atoms with Crippen molar-refractivity contribution >= 4 is 28.3 Å². The molecule has 0 fully saturated rings. The molecule has 112 valence electrons. The first-order chi connectivity index (χ1) is 10.4. The molecule has 0 saturated carbocycles. The predicted octanol–water partition coefficient (Wildman–Crippen LogP) is 5.07. The molecule has 0 aliphatic carbocycles. The fourth-order valence-corrected chi connectivity index (χ4v) is 2.42. The number of benzene rings is 2. The number of rotatable bonds is 2. The molecule has 0 bridgehead atoms. The van der Waals surface area contributed by atoms with Gasteiger partial charge in [-0.05, 0) is 24.3 Å². The van der Waals surface area contributed by atoms with Gasteiger partial charge in [-0.25, -0.2) is 0 Å². The Hall–Kier alpha value is -2.27. The minimum atomic E-state index is -4.42. The smallest absolute Gasteiger partial charge is 0.360 e. The van der Waals surface area contributed by atoms with E-state index in [2.05, 4.69) is 4.98 Å². The molecular weight excluding hydrogens is 315 g/mol. The summed E-state index contributed by atoms with van der Waals surface area (Å²) in [6.07, 6.45) is -2.89. The van der Waals surface area contributed by atoms with Gasteiger partial charge in [-0.1, -0.05) is 29.8 Å². The minimum absolute atomic E-state index is 0.198. The normalized spacial score (nSPS) is 11.8. The van der Waals surface area contributed by atoms with E-state index in [1.54, 1.807) is 18.2 Å². The summed E-state index contributed by atoms with van der Waals surface area (Å²) in [4.78, 5) is 15.4. The second-order valence-corrected chi connectivity index (χ2v) is 5.23. The third-order valence-electron chi connectivity index (χ3n) is 3.36. The van der Waals surface area contributed by atoms with Crippen molar-refractivity contribution in [1.29, 1.82) is 0 Å². The molecule has 0 spiro atoms. The Balaban J connectivity index is 1.99. The lowest BCUT2D eigenvalue weighted by Gasteiger charge is -2.07. The summed E-state index contributed by atoms with van der Waals surface area (Å²) in [6, 6.07) is 9.20. The van der Waals surface area contributed by atoms with E-state index in [4.69, 9.17) is 11.6 Å². The molecule has 6 heteroatoms. The number of ketones is 1. The molecule has 0 aliphatic rings. The molecule has 1 aromatic heterocycles. The van der Waals surface area contributed by atoms with Crippen molar-refractivity contribution in [3.63, 3.8) is 0 Å². The molecule has 0 unspecified atom stereocenters. The SMILES string of the molecule is O=C(c1ccc(C(F)(F)F)cc1)c1c[nH]c2cc(Cl)ccc12. The number of alkyl halides is 3. The number of halogens is 4. The fraction of sp³-hybridized carbons (Fsp3) is 0.0625. The van der Waals surface area contributed by atoms with Gasteiger partial charge in [0.15, 0.2) is 5.78 Å². The van der Waals surface area contributed by atoms with Gasteiger partial charge in [0.05, 0.1) is 5.56 Å². The lowest BCUT2D eigenvalue weighted by Crippen LogP contribution is -2.06. The summed E-state index contributed by atoms with van der Waals surface area (Å²) < 4.78 is 37.6. The highest BCUT2D eigenvalue weighted by Crippen LogP contribution is 2.30. The van der Waals surface area contributed by atoms with E-state index in [-0.39, 0.29) is 11.3 Å². The fourth-order valence-electron chi connectivity index (χ4n) is 2.25. The van der Waals surface area contributed by atoms with Crippen LogP contribution in [0, 0.1) is 0 Å². The van der Waals surface area contributed by atoms with Crippen LogP contribution in [0.3, 0.4) is 0 Å². The number of fused-ring (bicyclic) bond motifs is 1. The summed E-state index contributed by atoms with van der Waals surface area (Å²) in [5.74, 6) is -0.345. The van der Waals surface area contributed by atoms with Gasteiger partial charge in [-0.3, -0.25) is 4.79 Å². The summed E-state index contributed by atoms with van der Waals surface area (Å²) in [5.41, 5.74) is 0.507. The number of hydrogen-bond acceptors (Lipinski definition) is 1. The van der Waals surface area contributed by atoms with Gasteiger partial charge in [0.2, 0.25) is 0 Å². The van der Waals surface area contributed by atoms with Crippen molar-refractivity contribution in [2.24, 2.45) is 0 Å². The van der Waals surface area contributed by atoms with Crippen LogP contribution in [0.25, 0.3) is 10.9 Å². The minimum Gasteiger partial charge on any atom is -0.360 e. The van der Waals surface area contributed by atoms with Gasteiger partial charge >= 0.3 is 6.18 Å². The van der Waals surface area contributed by atoms with Crippen LogP contribution in [0.15, 0.2) is 48.7 Å². The monoisotopic (exact) mass is 323 g/mol. The molecule has 0 radical (unpaired) electrons. The molecule has 3 rings (SSSR count). The van der Waals surface area contributed by atoms with Crippen molar-refractivity contribution < 1.29 is 18.0 Å². The Morgan fingerprint density at radius 2 is 1.73 bits per heavy atom. The second kappa shape index (κ2) is 5.18. The molecule has 22 heavy (non-hydrogen) atoms. The Kier molecular flexibility index (Phi) is 3.45. The van der Waals surface area contributed by atoms with E-state index in [0.29, 0.717) is 21.5 Å². The zero-order valence-corrected chi connectivity index (χ0v) is 11.8. The topological polar surface area (TPSA) is 32.9 Å². The van der Waals surface area contributed by atoms with Crippen molar-refractivity contribution in [3.05, 3.63) is 70.4 Å². The van der Waals surface area contributed by atoms with Crippen LogP contribution < -0.4 is 0 Å². The van der Waals surface area contributed by atoms with Gasteiger partial charge in [-0.2, -0.15) is 13.2 Å². The van der Waals surface area contributed by atoms with E-state index in [1.807, 2.05) is 0 Å². The summed E-state index contributed by atoms with van der Waals surface area (Å²) in [7, 11) is 0. The molecule has 0 saturated heterocycles. The lowest BCUT2D eigenvalue weighted by molar-refractivity contribution is -0.137. The summed E-state index contributed by atoms with van der Waals surface area (Å²) in [5, 5.41) is 1.21. The first-order valence-corrected chi connectivity index (χ1v) is 6.72. The van der Waals surface area contributed by atoms with Crippen LogP contribution in [-0.4, -0.2) is 10.8 Å². The molecule has 0 atom stereocenters.